The molecule has 4 heteroatoms. The molecule has 4 nitrogen and oxygen atoms in total. The van der Waals surface area contributed by atoms with E-state index in [1.54, 1.807) is 19.2 Å². The summed E-state index contributed by atoms with van der Waals surface area (Å²) < 4.78 is 5.52. The summed E-state index contributed by atoms with van der Waals surface area (Å²) in [6.07, 6.45) is 5.76. The number of ether oxygens (including phenoxy) is 1. The highest BCUT2D eigenvalue weighted by Crippen LogP contribution is 2.32. The van der Waals surface area contributed by atoms with E-state index in [-0.39, 0.29) is 17.9 Å². The Hall–Kier alpha value is -2.33. The first-order valence-corrected chi connectivity index (χ1v) is 9.67. The van der Waals surface area contributed by atoms with Crippen LogP contribution in [0.4, 0.5) is 5.69 Å². The Labute approximate surface area is 161 Å². The number of hydrogen-bond acceptors (Lipinski definition) is 3. The second-order valence-electron chi connectivity index (χ2n) is 7.96. The van der Waals surface area contributed by atoms with Gasteiger partial charge in [-0.05, 0) is 66.6 Å². The first-order chi connectivity index (χ1) is 12.9. The van der Waals surface area contributed by atoms with Crippen LogP contribution < -0.4 is 10.1 Å². The first kappa shape index (κ1) is 19.4. The van der Waals surface area contributed by atoms with Crippen molar-refractivity contribution >= 4 is 11.6 Å². The number of rotatable bonds is 5. The van der Waals surface area contributed by atoms with Crippen LogP contribution in [0.1, 0.15) is 60.2 Å². The van der Waals surface area contributed by atoms with E-state index in [0.29, 0.717) is 11.3 Å². The van der Waals surface area contributed by atoms with Gasteiger partial charge in [-0.25, -0.2) is 0 Å². The predicted molar refractivity (Wildman–Crippen MR) is 109 cm³/mol. The maximum atomic E-state index is 12.7. The fraction of sp³-hybridized carbons (Fsp3) is 0.435. The molecule has 1 aliphatic carbocycles. The van der Waals surface area contributed by atoms with E-state index in [2.05, 4.69) is 17.4 Å². The molecular weight excluding hydrogens is 338 g/mol. The topological polar surface area (TPSA) is 58.6 Å². The Morgan fingerprint density at radius 1 is 1.07 bits per heavy atom. The number of amides is 1. The third kappa shape index (κ3) is 4.33. The molecular formula is C23H29NO3. The highest BCUT2D eigenvalue weighted by molar-refractivity contribution is 6.05. The summed E-state index contributed by atoms with van der Waals surface area (Å²) in [7, 11) is 1.64. The Balaban J connectivity index is 1.82. The van der Waals surface area contributed by atoms with Gasteiger partial charge in [0.2, 0.25) is 0 Å². The van der Waals surface area contributed by atoms with Gasteiger partial charge in [-0.1, -0.05) is 32.4 Å². The fourth-order valence-electron chi connectivity index (χ4n) is 3.57. The molecule has 0 aromatic heterocycles. The number of aliphatic hydroxyl groups is 1. The van der Waals surface area contributed by atoms with Crippen molar-refractivity contribution in [3.05, 3.63) is 58.7 Å². The van der Waals surface area contributed by atoms with Crippen LogP contribution >= 0.6 is 0 Å². The quantitative estimate of drug-likeness (QED) is 0.766. The maximum absolute atomic E-state index is 12.7. The van der Waals surface area contributed by atoms with Gasteiger partial charge in [-0.3, -0.25) is 4.79 Å². The van der Waals surface area contributed by atoms with Crippen molar-refractivity contribution in [3.8, 4) is 5.75 Å². The fourth-order valence-corrected chi connectivity index (χ4v) is 3.57. The zero-order valence-electron chi connectivity index (χ0n) is 16.5. The maximum Gasteiger partial charge on any atom is 0.255 e. The number of aliphatic hydroxyl groups excluding tert-OH is 1. The molecule has 2 N–H and O–H groups in total. The highest BCUT2D eigenvalue weighted by Gasteiger charge is 2.20. The zero-order chi connectivity index (χ0) is 19.4. The summed E-state index contributed by atoms with van der Waals surface area (Å²) in [6.45, 7) is 4.01. The second-order valence-corrected chi connectivity index (χ2v) is 7.96. The number of anilines is 1. The number of benzene rings is 2. The van der Waals surface area contributed by atoms with Crippen LogP contribution in [0.15, 0.2) is 36.4 Å². The van der Waals surface area contributed by atoms with Crippen LogP contribution in [0.25, 0.3) is 0 Å². The molecule has 0 saturated carbocycles. The van der Waals surface area contributed by atoms with Gasteiger partial charge in [-0.2, -0.15) is 0 Å². The van der Waals surface area contributed by atoms with Crippen LogP contribution in [0, 0.1) is 0 Å². The van der Waals surface area contributed by atoms with Gasteiger partial charge in [0.1, 0.15) is 5.75 Å². The number of fused-ring (bicyclic) bond motifs is 1. The molecule has 144 valence electrons. The molecule has 0 aliphatic heterocycles. The van der Waals surface area contributed by atoms with E-state index in [1.165, 1.54) is 30.4 Å². The van der Waals surface area contributed by atoms with Gasteiger partial charge in [-0.15, -0.1) is 0 Å². The van der Waals surface area contributed by atoms with Crippen molar-refractivity contribution in [3.63, 3.8) is 0 Å². The van der Waals surface area contributed by atoms with E-state index >= 15 is 0 Å². The number of methoxy groups -OCH3 is 1. The van der Waals surface area contributed by atoms with Crippen molar-refractivity contribution in [1.82, 2.24) is 0 Å². The summed E-state index contributed by atoms with van der Waals surface area (Å²) in [5.74, 6) is 0.553. The Bertz CT molecular complexity index is 809. The summed E-state index contributed by atoms with van der Waals surface area (Å²) in [5, 5.41) is 12.5. The third-order valence-electron chi connectivity index (χ3n) is 5.49. The molecule has 27 heavy (non-hydrogen) atoms. The van der Waals surface area contributed by atoms with Gasteiger partial charge >= 0.3 is 0 Å². The molecule has 0 radical (unpaired) electrons. The van der Waals surface area contributed by atoms with Crippen LogP contribution in [0.3, 0.4) is 0 Å². The predicted octanol–water partition coefficient (Wildman–Crippen LogP) is 4.49. The lowest BCUT2D eigenvalue weighted by Crippen LogP contribution is -2.22. The number of nitrogens with one attached hydrogen (secondary N) is 1. The number of hydrogen-bond donors (Lipinski definition) is 2. The lowest BCUT2D eigenvalue weighted by atomic mass is 9.85. The van der Waals surface area contributed by atoms with Gasteiger partial charge in [0.15, 0.2) is 0 Å². The molecule has 0 heterocycles. The number of carbonyl (C=O) groups is 1. The third-order valence-corrected chi connectivity index (χ3v) is 5.49. The van der Waals surface area contributed by atoms with Crippen molar-refractivity contribution in [2.75, 3.05) is 19.0 Å². The van der Waals surface area contributed by atoms with Gasteiger partial charge in [0.25, 0.3) is 5.91 Å². The molecule has 2 aromatic carbocycles. The van der Waals surface area contributed by atoms with E-state index in [1.807, 2.05) is 26.0 Å². The smallest absolute Gasteiger partial charge is 0.255 e. The summed E-state index contributed by atoms with van der Waals surface area (Å²) >= 11 is 0. The molecule has 1 amide bonds. The molecule has 0 fully saturated rings. The second kappa shape index (κ2) is 8.13. The van der Waals surface area contributed by atoms with Crippen molar-refractivity contribution in [2.45, 2.75) is 51.4 Å². The van der Waals surface area contributed by atoms with E-state index in [4.69, 9.17) is 4.74 Å². The molecule has 3 rings (SSSR count). The standard InChI is InChI=1S/C23H29NO3/c1-23(2,15-25)19-11-9-16(10-12-19)22(26)24-20-13-17-7-5-4-6-8-18(17)14-21(20)27-3/h9-14,25H,4-8,15H2,1-3H3,(H,24,26). The van der Waals surface area contributed by atoms with Gasteiger partial charge in [0, 0.05) is 11.0 Å². The molecule has 0 atom stereocenters. The highest BCUT2D eigenvalue weighted by atomic mass is 16.5. The van der Waals surface area contributed by atoms with E-state index in [0.717, 1.165) is 24.1 Å². The minimum atomic E-state index is -0.324. The van der Waals surface area contributed by atoms with Crippen LogP contribution in [-0.2, 0) is 18.3 Å². The molecule has 0 bridgehead atoms. The van der Waals surface area contributed by atoms with Crippen molar-refractivity contribution < 1.29 is 14.6 Å². The monoisotopic (exact) mass is 367 g/mol. The Kier molecular flexibility index (Phi) is 5.85. The molecule has 0 spiro atoms. The summed E-state index contributed by atoms with van der Waals surface area (Å²) in [4.78, 5) is 12.7. The summed E-state index contributed by atoms with van der Waals surface area (Å²) in [6, 6.07) is 11.6. The summed E-state index contributed by atoms with van der Waals surface area (Å²) in [5.41, 5.74) is 4.63. The first-order valence-electron chi connectivity index (χ1n) is 9.67. The largest absolute Gasteiger partial charge is 0.495 e. The van der Waals surface area contributed by atoms with Gasteiger partial charge < -0.3 is 15.2 Å². The minimum absolute atomic E-state index is 0.0604. The normalized spacial score (nSPS) is 14.2. The number of aryl methyl sites for hydroxylation is 2. The zero-order valence-corrected chi connectivity index (χ0v) is 16.5. The van der Waals surface area contributed by atoms with E-state index < -0.39 is 0 Å². The van der Waals surface area contributed by atoms with Crippen molar-refractivity contribution in [2.24, 2.45) is 0 Å². The minimum Gasteiger partial charge on any atom is -0.495 e. The van der Waals surface area contributed by atoms with Crippen LogP contribution in [-0.4, -0.2) is 24.7 Å². The average Bonchev–Trinajstić information content (AvgIpc) is 2.92. The molecule has 1 aliphatic rings. The lowest BCUT2D eigenvalue weighted by Gasteiger charge is -2.22. The lowest BCUT2D eigenvalue weighted by molar-refractivity contribution is 0.102. The SMILES string of the molecule is COc1cc2c(cc1NC(=O)c1ccc(C(C)(C)CO)cc1)CCCCC2. The van der Waals surface area contributed by atoms with Crippen LogP contribution in [0.2, 0.25) is 0 Å². The van der Waals surface area contributed by atoms with E-state index in [9.17, 15) is 9.90 Å². The van der Waals surface area contributed by atoms with Crippen molar-refractivity contribution in [1.29, 1.82) is 0 Å². The molecule has 2 aromatic rings. The van der Waals surface area contributed by atoms with Crippen LogP contribution in [0.5, 0.6) is 5.75 Å². The Morgan fingerprint density at radius 2 is 1.70 bits per heavy atom. The molecule has 0 saturated heterocycles. The number of carbonyl (C=O) groups excluding carboxylic acids is 1. The molecule has 0 unspecified atom stereocenters. The van der Waals surface area contributed by atoms with Gasteiger partial charge in [0.05, 0.1) is 19.4 Å². The Morgan fingerprint density at radius 3 is 2.30 bits per heavy atom. The average molecular weight is 367 g/mol.